The molecular formula is C14H19FN2O. The van der Waals surface area contributed by atoms with Gasteiger partial charge in [-0.2, -0.15) is 0 Å². The first kappa shape index (κ1) is 11.8. The van der Waals surface area contributed by atoms with E-state index in [1.54, 1.807) is 12.1 Å². The van der Waals surface area contributed by atoms with Gasteiger partial charge in [0.1, 0.15) is 23.4 Å². The lowest BCUT2D eigenvalue weighted by molar-refractivity contribution is 0.199. The number of hydrogen-bond donors (Lipinski definition) is 1. The molecule has 0 bridgehead atoms. The minimum Gasteiger partial charge on any atom is -0.487 e. The number of benzene rings is 1. The van der Waals surface area contributed by atoms with Crippen LogP contribution in [0.1, 0.15) is 19.3 Å². The lowest BCUT2D eigenvalue weighted by Gasteiger charge is -2.17. The molecule has 1 atom stereocenters. The Morgan fingerprint density at radius 1 is 1.33 bits per heavy atom. The van der Waals surface area contributed by atoms with Gasteiger partial charge in [0.25, 0.3) is 0 Å². The average molecular weight is 250 g/mol. The first-order valence-corrected chi connectivity index (χ1v) is 6.65. The van der Waals surface area contributed by atoms with Crippen LogP contribution in [-0.2, 0) is 0 Å². The lowest BCUT2D eigenvalue weighted by Crippen LogP contribution is -2.26. The third-order valence-corrected chi connectivity index (χ3v) is 3.75. The van der Waals surface area contributed by atoms with Gasteiger partial charge < -0.3 is 10.5 Å². The van der Waals surface area contributed by atoms with E-state index in [4.69, 9.17) is 10.5 Å². The van der Waals surface area contributed by atoms with Crippen LogP contribution in [0.5, 0.6) is 5.75 Å². The molecule has 98 valence electrons. The van der Waals surface area contributed by atoms with Crippen LogP contribution >= 0.6 is 0 Å². The van der Waals surface area contributed by atoms with Gasteiger partial charge in [-0.25, -0.2) is 4.39 Å². The third kappa shape index (κ3) is 2.58. The van der Waals surface area contributed by atoms with Crippen LogP contribution in [0.4, 0.5) is 10.1 Å². The van der Waals surface area contributed by atoms with Crippen molar-refractivity contribution in [2.75, 3.05) is 25.4 Å². The van der Waals surface area contributed by atoms with Crippen LogP contribution in [0.3, 0.4) is 0 Å². The van der Waals surface area contributed by atoms with Crippen LogP contribution in [-0.4, -0.2) is 30.6 Å². The number of hydrogen-bond acceptors (Lipinski definition) is 3. The number of halogens is 1. The highest BCUT2D eigenvalue weighted by Crippen LogP contribution is 2.32. The van der Waals surface area contributed by atoms with Gasteiger partial charge in [0.2, 0.25) is 0 Å². The summed E-state index contributed by atoms with van der Waals surface area (Å²) in [5.41, 5.74) is 5.80. The predicted molar refractivity (Wildman–Crippen MR) is 69.0 cm³/mol. The highest BCUT2D eigenvalue weighted by molar-refractivity contribution is 5.53. The van der Waals surface area contributed by atoms with Crippen molar-refractivity contribution < 1.29 is 9.13 Å². The number of anilines is 1. The molecule has 18 heavy (non-hydrogen) atoms. The molecule has 1 saturated carbocycles. The Hall–Kier alpha value is -1.29. The predicted octanol–water partition coefficient (Wildman–Crippen LogP) is 2.27. The van der Waals surface area contributed by atoms with Crippen LogP contribution < -0.4 is 10.5 Å². The van der Waals surface area contributed by atoms with Gasteiger partial charge in [0, 0.05) is 19.6 Å². The SMILES string of the molecule is Nc1c(F)cccc1O[C@@H]1CCN(CC2CC2)C1. The number of rotatable bonds is 4. The topological polar surface area (TPSA) is 38.5 Å². The molecule has 1 aliphatic carbocycles. The second-order valence-electron chi connectivity index (χ2n) is 5.38. The van der Waals surface area contributed by atoms with Crippen LogP contribution in [0, 0.1) is 11.7 Å². The first-order valence-electron chi connectivity index (χ1n) is 6.65. The Bertz CT molecular complexity index is 434. The molecule has 0 amide bonds. The smallest absolute Gasteiger partial charge is 0.149 e. The highest BCUT2D eigenvalue weighted by Gasteiger charge is 2.30. The number of nitrogens with two attached hydrogens (primary N) is 1. The van der Waals surface area contributed by atoms with E-state index in [1.165, 1.54) is 25.5 Å². The van der Waals surface area contributed by atoms with Gasteiger partial charge >= 0.3 is 0 Å². The van der Waals surface area contributed by atoms with E-state index in [-0.39, 0.29) is 11.8 Å². The second kappa shape index (κ2) is 4.76. The summed E-state index contributed by atoms with van der Waals surface area (Å²) in [7, 11) is 0. The van der Waals surface area contributed by atoms with Crippen LogP contribution in [0.2, 0.25) is 0 Å². The molecule has 2 aliphatic rings. The average Bonchev–Trinajstić information content (AvgIpc) is 3.05. The number of likely N-dealkylation sites (tertiary alicyclic amines) is 1. The molecule has 1 aromatic carbocycles. The molecule has 0 radical (unpaired) electrons. The summed E-state index contributed by atoms with van der Waals surface area (Å²) < 4.78 is 19.1. The van der Waals surface area contributed by atoms with E-state index in [1.807, 2.05) is 0 Å². The van der Waals surface area contributed by atoms with Crippen molar-refractivity contribution >= 4 is 5.69 Å². The Kier molecular flexibility index (Phi) is 3.12. The number of nitrogens with zero attached hydrogens (tertiary/aromatic N) is 1. The van der Waals surface area contributed by atoms with Gasteiger partial charge in [0.15, 0.2) is 0 Å². The maximum Gasteiger partial charge on any atom is 0.149 e. The molecular weight excluding hydrogens is 231 g/mol. The van der Waals surface area contributed by atoms with E-state index in [0.717, 1.165) is 25.4 Å². The van der Waals surface area contributed by atoms with Crippen LogP contribution in [0.25, 0.3) is 0 Å². The fourth-order valence-corrected chi connectivity index (χ4v) is 2.52. The quantitative estimate of drug-likeness (QED) is 0.833. The van der Waals surface area contributed by atoms with Gasteiger partial charge in [0.05, 0.1) is 0 Å². The summed E-state index contributed by atoms with van der Waals surface area (Å²) in [6, 6.07) is 4.73. The maximum absolute atomic E-state index is 13.3. The molecule has 1 saturated heterocycles. The van der Waals surface area contributed by atoms with Gasteiger partial charge in [-0.3, -0.25) is 4.90 Å². The zero-order valence-corrected chi connectivity index (χ0v) is 10.4. The summed E-state index contributed by atoms with van der Waals surface area (Å²) in [4.78, 5) is 2.44. The minimum atomic E-state index is -0.402. The standard InChI is InChI=1S/C14H19FN2O/c15-12-2-1-3-13(14(12)16)18-11-6-7-17(9-11)8-10-4-5-10/h1-3,10-11H,4-9,16H2/t11-/m1/s1. The highest BCUT2D eigenvalue weighted by atomic mass is 19.1. The zero-order chi connectivity index (χ0) is 12.5. The van der Waals surface area contributed by atoms with E-state index < -0.39 is 5.82 Å². The normalized spacial score (nSPS) is 24.4. The third-order valence-electron chi connectivity index (χ3n) is 3.75. The zero-order valence-electron chi connectivity index (χ0n) is 10.4. The first-order chi connectivity index (χ1) is 8.72. The second-order valence-corrected chi connectivity index (χ2v) is 5.38. The summed E-state index contributed by atoms with van der Waals surface area (Å²) >= 11 is 0. The summed E-state index contributed by atoms with van der Waals surface area (Å²) in [6.45, 7) is 3.21. The fraction of sp³-hybridized carbons (Fsp3) is 0.571. The molecule has 0 unspecified atom stereocenters. The Labute approximate surface area is 107 Å². The molecule has 1 heterocycles. The molecule has 3 rings (SSSR count). The van der Waals surface area contributed by atoms with Crippen molar-refractivity contribution in [2.45, 2.75) is 25.4 Å². The van der Waals surface area contributed by atoms with E-state index in [0.29, 0.717) is 5.75 Å². The maximum atomic E-state index is 13.3. The van der Waals surface area contributed by atoms with Gasteiger partial charge in [-0.05, 0) is 37.3 Å². The van der Waals surface area contributed by atoms with Crippen molar-refractivity contribution in [2.24, 2.45) is 5.92 Å². The summed E-state index contributed by atoms with van der Waals surface area (Å²) in [5.74, 6) is 0.983. The summed E-state index contributed by atoms with van der Waals surface area (Å²) in [5, 5.41) is 0. The molecule has 0 spiro atoms. The molecule has 1 aliphatic heterocycles. The van der Waals surface area contributed by atoms with E-state index in [2.05, 4.69) is 4.90 Å². The monoisotopic (exact) mass is 250 g/mol. The number of nitrogen functional groups attached to an aromatic ring is 1. The van der Waals surface area contributed by atoms with Crippen molar-refractivity contribution in [3.63, 3.8) is 0 Å². The lowest BCUT2D eigenvalue weighted by atomic mass is 10.2. The Morgan fingerprint density at radius 3 is 2.94 bits per heavy atom. The van der Waals surface area contributed by atoms with E-state index in [9.17, 15) is 4.39 Å². The van der Waals surface area contributed by atoms with E-state index >= 15 is 0 Å². The largest absolute Gasteiger partial charge is 0.487 e. The fourth-order valence-electron chi connectivity index (χ4n) is 2.52. The molecule has 4 heteroatoms. The van der Waals surface area contributed by atoms with Gasteiger partial charge in [-0.15, -0.1) is 0 Å². The molecule has 1 aromatic rings. The Balaban J connectivity index is 1.58. The van der Waals surface area contributed by atoms with Crippen molar-refractivity contribution in [3.8, 4) is 5.75 Å². The minimum absolute atomic E-state index is 0.123. The molecule has 2 N–H and O–H groups in total. The molecule has 2 fully saturated rings. The summed E-state index contributed by atoms with van der Waals surface area (Å²) in [6.07, 6.45) is 3.90. The number of ether oxygens (including phenoxy) is 1. The number of para-hydroxylation sites is 1. The molecule has 0 aromatic heterocycles. The van der Waals surface area contributed by atoms with Crippen molar-refractivity contribution in [1.29, 1.82) is 0 Å². The Morgan fingerprint density at radius 2 is 2.17 bits per heavy atom. The molecule has 3 nitrogen and oxygen atoms in total. The van der Waals surface area contributed by atoms with Gasteiger partial charge in [-0.1, -0.05) is 6.07 Å². The van der Waals surface area contributed by atoms with Crippen molar-refractivity contribution in [1.82, 2.24) is 4.90 Å². The van der Waals surface area contributed by atoms with Crippen molar-refractivity contribution in [3.05, 3.63) is 24.0 Å². The van der Waals surface area contributed by atoms with Crippen LogP contribution in [0.15, 0.2) is 18.2 Å².